The van der Waals surface area contributed by atoms with E-state index in [1.165, 1.54) is 0 Å². The SMILES string of the molecule is COc1ncc(-c2c(C)noc2C)cc1NCc1ccc2ccccc2n1. The van der Waals surface area contributed by atoms with Crippen LogP contribution >= 0.6 is 0 Å². The van der Waals surface area contributed by atoms with Gasteiger partial charge in [0.1, 0.15) is 5.76 Å². The summed E-state index contributed by atoms with van der Waals surface area (Å²) in [6, 6.07) is 14.2. The number of fused-ring (bicyclic) bond motifs is 1. The van der Waals surface area contributed by atoms with Crippen molar-refractivity contribution in [1.29, 1.82) is 0 Å². The number of methoxy groups -OCH3 is 1. The van der Waals surface area contributed by atoms with E-state index >= 15 is 0 Å². The molecule has 1 N–H and O–H groups in total. The third kappa shape index (κ3) is 3.33. The van der Waals surface area contributed by atoms with Crippen molar-refractivity contribution in [3.63, 3.8) is 0 Å². The molecule has 0 fully saturated rings. The Kier molecular flexibility index (Phi) is 4.46. The Bertz CT molecular complexity index is 1080. The third-order valence-corrected chi connectivity index (χ3v) is 4.48. The fourth-order valence-electron chi connectivity index (χ4n) is 3.17. The van der Waals surface area contributed by atoms with Gasteiger partial charge < -0.3 is 14.6 Å². The van der Waals surface area contributed by atoms with Crippen LogP contribution in [-0.2, 0) is 6.54 Å². The smallest absolute Gasteiger partial charge is 0.237 e. The minimum Gasteiger partial charge on any atom is -0.480 e. The van der Waals surface area contributed by atoms with E-state index in [1.54, 1.807) is 13.3 Å². The second-order valence-corrected chi connectivity index (χ2v) is 6.33. The number of aryl methyl sites for hydroxylation is 2. The lowest BCUT2D eigenvalue weighted by Gasteiger charge is -2.12. The van der Waals surface area contributed by atoms with Crippen LogP contribution in [-0.4, -0.2) is 22.2 Å². The van der Waals surface area contributed by atoms with Crippen LogP contribution < -0.4 is 10.1 Å². The molecule has 136 valence electrons. The fourth-order valence-corrected chi connectivity index (χ4v) is 3.17. The predicted octanol–water partition coefficient (Wildman–Crippen LogP) is 4.52. The van der Waals surface area contributed by atoms with E-state index in [9.17, 15) is 0 Å². The second-order valence-electron chi connectivity index (χ2n) is 6.33. The summed E-state index contributed by atoms with van der Waals surface area (Å²) in [6.45, 7) is 4.38. The molecular formula is C21H20N4O2. The minimum absolute atomic E-state index is 0.534. The molecule has 0 saturated carbocycles. The molecule has 27 heavy (non-hydrogen) atoms. The molecule has 6 nitrogen and oxygen atoms in total. The van der Waals surface area contributed by atoms with Crippen LogP contribution in [0.4, 0.5) is 5.69 Å². The highest BCUT2D eigenvalue weighted by Crippen LogP contribution is 2.32. The lowest BCUT2D eigenvalue weighted by molar-refractivity contribution is 0.393. The number of nitrogens with one attached hydrogen (secondary N) is 1. The van der Waals surface area contributed by atoms with Crippen molar-refractivity contribution in [1.82, 2.24) is 15.1 Å². The van der Waals surface area contributed by atoms with Crippen molar-refractivity contribution < 1.29 is 9.26 Å². The number of nitrogens with zero attached hydrogens (tertiary/aromatic N) is 3. The molecule has 0 aliphatic carbocycles. The van der Waals surface area contributed by atoms with Crippen LogP contribution in [0.15, 0.2) is 53.2 Å². The van der Waals surface area contributed by atoms with E-state index in [0.29, 0.717) is 12.4 Å². The summed E-state index contributed by atoms with van der Waals surface area (Å²) in [7, 11) is 1.61. The molecule has 0 radical (unpaired) electrons. The van der Waals surface area contributed by atoms with Gasteiger partial charge in [-0.15, -0.1) is 0 Å². The molecule has 0 spiro atoms. The maximum absolute atomic E-state index is 5.40. The average Bonchev–Trinajstić information content (AvgIpc) is 3.04. The first-order valence-corrected chi connectivity index (χ1v) is 8.71. The summed E-state index contributed by atoms with van der Waals surface area (Å²) < 4.78 is 10.7. The molecule has 3 aromatic heterocycles. The highest BCUT2D eigenvalue weighted by atomic mass is 16.5. The van der Waals surface area contributed by atoms with Crippen molar-refractivity contribution in [2.24, 2.45) is 0 Å². The van der Waals surface area contributed by atoms with Crippen molar-refractivity contribution in [3.8, 4) is 17.0 Å². The number of ether oxygens (including phenoxy) is 1. The quantitative estimate of drug-likeness (QED) is 0.564. The van der Waals surface area contributed by atoms with Crippen LogP contribution in [0, 0.1) is 13.8 Å². The molecule has 0 saturated heterocycles. The largest absolute Gasteiger partial charge is 0.480 e. The Labute approximate surface area is 157 Å². The molecule has 0 bridgehead atoms. The van der Waals surface area contributed by atoms with Crippen LogP contribution in [0.2, 0.25) is 0 Å². The lowest BCUT2D eigenvalue weighted by Crippen LogP contribution is -2.04. The van der Waals surface area contributed by atoms with Crippen molar-refractivity contribution in [2.75, 3.05) is 12.4 Å². The van der Waals surface area contributed by atoms with Crippen LogP contribution in [0.3, 0.4) is 0 Å². The Morgan fingerprint density at radius 1 is 1.11 bits per heavy atom. The number of anilines is 1. The van der Waals surface area contributed by atoms with E-state index in [0.717, 1.165) is 44.9 Å². The van der Waals surface area contributed by atoms with Gasteiger partial charge in [-0.3, -0.25) is 4.98 Å². The minimum atomic E-state index is 0.534. The molecule has 0 aliphatic rings. The third-order valence-electron chi connectivity index (χ3n) is 4.48. The fraction of sp³-hybridized carbons (Fsp3) is 0.190. The van der Waals surface area contributed by atoms with Gasteiger partial charge in [-0.25, -0.2) is 4.98 Å². The molecule has 4 aromatic rings. The van der Waals surface area contributed by atoms with Crippen LogP contribution in [0.5, 0.6) is 5.88 Å². The van der Waals surface area contributed by atoms with E-state index < -0.39 is 0 Å². The normalized spacial score (nSPS) is 10.9. The maximum atomic E-state index is 5.40. The van der Waals surface area contributed by atoms with Gasteiger partial charge in [0.2, 0.25) is 5.88 Å². The maximum Gasteiger partial charge on any atom is 0.237 e. The highest BCUT2D eigenvalue weighted by molar-refractivity contribution is 5.78. The summed E-state index contributed by atoms with van der Waals surface area (Å²) in [5, 5.41) is 8.53. The zero-order chi connectivity index (χ0) is 18.8. The first-order chi connectivity index (χ1) is 13.2. The second kappa shape index (κ2) is 7.07. The molecule has 0 atom stereocenters. The number of benzene rings is 1. The van der Waals surface area contributed by atoms with Crippen molar-refractivity contribution in [3.05, 3.63) is 65.8 Å². The van der Waals surface area contributed by atoms with Gasteiger partial charge in [-0.05, 0) is 32.0 Å². The van der Waals surface area contributed by atoms with Gasteiger partial charge in [0.05, 0.1) is 36.2 Å². The Balaban J connectivity index is 1.63. The van der Waals surface area contributed by atoms with Crippen LogP contribution in [0.25, 0.3) is 22.0 Å². The van der Waals surface area contributed by atoms with E-state index in [1.807, 2.05) is 44.2 Å². The molecule has 1 aromatic carbocycles. The summed E-state index contributed by atoms with van der Waals surface area (Å²) in [4.78, 5) is 9.12. The molecular weight excluding hydrogens is 340 g/mol. The summed E-state index contributed by atoms with van der Waals surface area (Å²) in [5.41, 5.74) is 5.44. The summed E-state index contributed by atoms with van der Waals surface area (Å²) >= 11 is 0. The number of hydrogen-bond donors (Lipinski definition) is 1. The molecule has 0 aliphatic heterocycles. The molecule has 0 unspecified atom stereocenters. The Hall–Kier alpha value is -3.41. The monoisotopic (exact) mass is 360 g/mol. The van der Waals surface area contributed by atoms with Crippen LogP contribution in [0.1, 0.15) is 17.1 Å². The van der Waals surface area contributed by atoms with Gasteiger partial charge in [0.25, 0.3) is 0 Å². The summed E-state index contributed by atoms with van der Waals surface area (Å²) in [5.74, 6) is 1.30. The number of pyridine rings is 2. The first kappa shape index (κ1) is 17.0. The molecule has 0 amide bonds. The highest BCUT2D eigenvalue weighted by Gasteiger charge is 2.15. The number of rotatable bonds is 5. The van der Waals surface area contributed by atoms with Gasteiger partial charge >= 0.3 is 0 Å². The standard InChI is InChI=1S/C21H20N4O2/c1-13-20(14(2)27-25-13)16-10-19(21(26-3)23-11-16)22-12-17-9-8-15-6-4-5-7-18(15)24-17/h4-11,22H,12H2,1-3H3. The lowest BCUT2D eigenvalue weighted by atomic mass is 10.1. The van der Waals surface area contributed by atoms with Crippen molar-refractivity contribution >= 4 is 16.6 Å². The topological polar surface area (TPSA) is 73.1 Å². The Morgan fingerprint density at radius 2 is 1.96 bits per heavy atom. The number of para-hydroxylation sites is 1. The van der Waals surface area contributed by atoms with E-state index in [-0.39, 0.29) is 0 Å². The van der Waals surface area contributed by atoms with E-state index in [2.05, 4.69) is 27.6 Å². The summed E-state index contributed by atoms with van der Waals surface area (Å²) in [6.07, 6.45) is 1.77. The van der Waals surface area contributed by atoms with Gasteiger partial charge in [0, 0.05) is 22.7 Å². The number of aromatic nitrogens is 3. The predicted molar refractivity (Wildman–Crippen MR) is 105 cm³/mol. The van der Waals surface area contributed by atoms with E-state index in [4.69, 9.17) is 14.2 Å². The number of hydrogen-bond acceptors (Lipinski definition) is 6. The Morgan fingerprint density at radius 3 is 2.74 bits per heavy atom. The van der Waals surface area contributed by atoms with Gasteiger partial charge in [0.15, 0.2) is 0 Å². The zero-order valence-electron chi connectivity index (χ0n) is 15.5. The molecule has 4 rings (SSSR count). The average molecular weight is 360 g/mol. The zero-order valence-corrected chi connectivity index (χ0v) is 15.5. The molecule has 6 heteroatoms. The van der Waals surface area contributed by atoms with Gasteiger partial charge in [-0.2, -0.15) is 0 Å². The van der Waals surface area contributed by atoms with Crippen molar-refractivity contribution in [2.45, 2.75) is 20.4 Å². The first-order valence-electron chi connectivity index (χ1n) is 8.71. The molecule has 3 heterocycles. The van der Waals surface area contributed by atoms with Gasteiger partial charge in [-0.1, -0.05) is 29.4 Å².